The molecule has 2 rings (SSSR count). The lowest BCUT2D eigenvalue weighted by Gasteiger charge is -2.06. The van der Waals surface area contributed by atoms with Gasteiger partial charge in [0.25, 0.3) is 0 Å². The van der Waals surface area contributed by atoms with Gasteiger partial charge in [-0.15, -0.1) is 0 Å². The second-order valence-corrected chi connectivity index (χ2v) is 5.89. The Morgan fingerprint density at radius 1 is 1.41 bits per heavy atom. The quantitative estimate of drug-likeness (QED) is 0.783. The molecule has 1 fully saturated rings. The van der Waals surface area contributed by atoms with E-state index in [0.29, 0.717) is 5.69 Å². The van der Waals surface area contributed by atoms with Gasteiger partial charge in [0.15, 0.2) is 0 Å². The first kappa shape index (κ1) is 12.0. The van der Waals surface area contributed by atoms with Crippen molar-refractivity contribution >= 4 is 15.7 Å². The Labute approximate surface area is 101 Å². The topological polar surface area (TPSA) is 72.2 Å². The highest BCUT2D eigenvalue weighted by Crippen LogP contribution is 2.29. The van der Waals surface area contributed by atoms with E-state index in [1.54, 1.807) is 18.2 Å². The molecule has 1 aromatic carbocycles. The molecule has 0 aliphatic heterocycles. The van der Waals surface area contributed by atoms with Crippen LogP contribution in [0.2, 0.25) is 0 Å². The highest BCUT2D eigenvalue weighted by molar-refractivity contribution is 7.93. The van der Waals surface area contributed by atoms with Crippen LogP contribution in [0.5, 0.6) is 0 Å². The first-order chi connectivity index (χ1) is 8.12. The van der Waals surface area contributed by atoms with E-state index in [1.807, 2.05) is 6.07 Å². The first-order valence-corrected chi connectivity index (χ1v) is 6.97. The van der Waals surface area contributed by atoms with Gasteiger partial charge in [-0.25, -0.2) is 8.42 Å². The second-order valence-electron chi connectivity index (χ2n) is 3.93. The fourth-order valence-electron chi connectivity index (χ4n) is 1.44. The van der Waals surface area contributed by atoms with E-state index in [0.717, 1.165) is 18.4 Å². The molecule has 0 bridgehead atoms. The van der Waals surface area contributed by atoms with Crippen molar-refractivity contribution in [2.24, 2.45) is 5.73 Å². The Balaban J connectivity index is 2.16. The molecular weight excluding hydrogens is 236 g/mol. The Hall–Kier alpha value is -1.51. The zero-order valence-corrected chi connectivity index (χ0v) is 10.1. The summed E-state index contributed by atoms with van der Waals surface area (Å²) in [5.41, 5.74) is 6.59. The number of benzene rings is 1. The predicted octanol–water partition coefficient (Wildman–Crippen LogP) is 0.901. The Kier molecular flexibility index (Phi) is 3.36. The molecule has 3 N–H and O–H groups in total. The van der Waals surface area contributed by atoms with Crippen molar-refractivity contribution in [3.05, 3.63) is 29.8 Å². The van der Waals surface area contributed by atoms with Crippen LogP contribution in [0.15, 0.2) is 24.3 Å². The van der Waals surface area contributed by atoms with Gasteiger partial charge in [-0.1, -0.05) is 17.9 Å². The number of hydrogen-bond acceptors (Lipinski definition) is 3. The van der Waals surface area contributed by atoms with Gasteiger partial charge in [0, 0.05) is 11.3 Å². The van der Waals surface area contributed by atoms with Crippen LogP contribution < -0.4 is 10.5 Å². The van der Waals surface area contributed by atoms with Gasteiger partial charge in [0.1, 0.15) is 0 Å². The molecule has 90 valence electrons. The molecule has 0 spiro atoms. The van der Waals surface area contributed by atoms with E-state index in [2.05, 4.69) is 16.6 Å². The normalized spacial score (nSPS) is 14.9. The van der Waals surface area contributed by atoms with Gasteiger partial charge in [-0.05, 0) is 31.0 Å². The minimum atomic E-state index is -3.20. The SMILES string of the molecule is NCC#Cc1cccc(NS(=O)(=O)C2CC2)c1. The van der Waals surface area contributed by atoms with Crippen molar-refractivity contribution in [2.45, 2.75) is 18.1 Å². The van der Waals surface area contributed by atoms with Crippen LogP contribution in [0, 0.1) is 11.8 Å². The van der Waals surface area contributed by atoms with Crippen molar-refractivity contribution in [2.75, 3.05) is 11.3 Å². The highest BCUT2D eigenvalue weighted by Gasteiger charge is 2.35. The zero-order valence-electron chi connectivity index (χ0n) is 9.31. The van der Waals surface area contributed by atoms with E-state index in [4.69, 9.17) is 5.73 Å². The second kappa shape index (κ2) is 4.78. The molecule has 1 aliphatic carbocycles. The lowest BCUT2D eigenvalue weighted by atomic mass is 10.2. The van der Waals surface area contributed by atoms with Crippen LogP contribution in [0.4, 0.5) is 5.69 Å². The Bertz CT molecular complexity index is 566. The average Bonchev–Trinajstić information content (AvgIpc) is 3.10. The van der Waals surface area contributed by atoms with Gasteiger partial charge >= 0.3 is 0 Å². The Morgan fingerprint density at radius 3 is 2.82 bits per heavy atom. The smallest absolute Gasteiger partial charge is 0.235 e. The van der Waals surface area contributed by atoms with E-state index in [-0.39, 0.29) is 11.8 Å². The first-order valence-electron chi connectivity index (χ1n) is 5.42. The molecule has 1 aliphatic rings. The molecule has 0 amide bonds. The monoisotopic (exact) mass is 250 g/mol. The van der Waals surface area contributed by atoms with Crippen LogP contribution in [0.1, 0.15) is 18.4 Å². The summed E-state index contributed by atoms with van der Waals surface area (Å²) in [6.07, 6.45) is 1.50. The fourth-order valence-corrected chi connectivity index (χ4v) is 2.82. The fraction of sp³-hybridized carbons (Fsp3) is 0.333. The van der Waals surface area contributed by atoms with Crippen LogP contribution in [-0.4, -0.2) is 20.2 Å². The maximum Gasteiger partial charge on any atom is 0.235 e. The number of hydrogen-bond donors (Lipinski definition) is 2. The van der Waals surface area contributed by atoms with Gasteiger partial charge in [0.05, 0.1) is 11.8 Å². The predicted molar refractivity (Wildman–Crippen MR) is 67.9 cm³/mol. The summed E-state index contributed by atoms with van der Waals surface area (Å²) in [5, 5.41) is -0.221. The summed E-state index contributed by atoms with van der Waals surface area (Å²) in [7, 11) is -3.20. The summed E-state index contributed by atoms with van der Waals surface area (Å²) in [5.74, 6) is 5.60. The van der Waals surface area contributed by atoms with Crippen molar-refractivity contribution in [3.8, 4) is 11.8 Å². The molecule has 0 atom stereocenters. The number of anilines is 1. The van der Waals surface area contributed by atoms with E-state index in [1.165, 1.54) is 0 Å². The molecule has 4 nitrogen and oxygen atoms in total. The van der Waals surface area contributed by atoms with Crippen LogP contribution in [-0.2, 0) is 10.0 Å². The Morgan fingerprint density at radius 2 is 2.18 bits per heavy atom. The van der Waals surface area contributed by atoms with Gasteiger partial charge in [-0.3, -0.25) is 4.72 Å². The summed E-state index contributed by atoms with van der Waals surface area (Å²) in [4.78, 5) is 0. The lowest BCUT2D eigenvalue weighted by Crippen LogP contribution is -2.17. The molecule has 0 radical (unpaired) electrons. The van der Waals surface area contributed by atoms with E-state index in [9.17, 15) is 8.42 Å². The molecule has 5 heteroatoms. The van der Waals surface area contributed by atoms with Gasteiger partial charge < -0.3 is 5.73 Å². The largest absolute Gasteiger partial charge is 0.320 e. The molecule has 0 heterocycles. The van der Waals surface area contributed by atoms with Crippen LogP contribution in [0.25, 0.3) is 0 Å². The molecule has 1 saturated carbocycles. The molecule has 17 heavy (non-hydrogen) atoms. The highest BCUT2D eigenvalue weighted by atomic mass is 32.2. The third kappa shape index (κ3) is 3.22. The summed E-state index contributed by atoms with van der Waals surface area (Å²) in [6.45, 7) is 0.290. The maximum atomic E-state index is 11.7. The minimum Gasteiger partial charge on any atom is -0.320 e. The summed E-state index contributed by atoms with van der Waals surface area (Å²) in [6, 6.07) is 7.01. The molecule has 0 aromatic heterocycles. The summed E-state index contributed by atoms with van der Waals surface area (Å²) < 4.78 is 26.0. The number of nitrogens with one attached hydrogen (secondary N) is 1. The van der Waals surface area contributed by atoms with Gasteiger partial charge in [-0.2, -0.15) is 0 Å². The summed E-state index contributed by atoms with van der Waals surface area (Å²) >= 11 is 0. The molecular formula is C12H14N2O2S. The maximum absolute atomic E-state index is 11.7. The van der Waals surface area contributed by atoms with Crippen molar-refractivity contribution < 1.29 is 8.42 Å². The van der Waals surface area contributed by atoms with Crippen LogP contribution >= 0.6 is 0 Å². The van der Waals surface area contributed by atoms with Gasteiger partial charge in [0.2, 0.25) is 10.0 Å². The third-order valence-corrected chi connectivity index (χ3v) is 4.29. The zero-order chi connectivity index (χ0) is 12.3. The molecule has 1 aromatic rings. The minimum absolute atomic E-state index is 0.221. The van der Waals surface area contributed by atoms with E-state index >= 15 is 0 Å². The molecule has 0 saturated heterocycles. The number of nitrogens with two attached hydrogens (primary N) is 1. The standard InChI is InChI=1S/C12H14N2O2S/c13-8-2-4-10-3-1-5-11(9-10)14-17(15,16)12-6-7-12/h1,3,5,9,12,14H,6-8,13H2. The van der Waals surface area contributed by atoms with Crippen molar-refractivity contribution in [1.29, 1.82) is 0 Å². The lowest BCUT2D eigenvalue weighted by molar-refractivity contribution is 0.600. The average molecular weight is 250 g/mol. The van der Waals surface area contributed by atoms with Crippen molar-refractivity contribution in [3.63, 3.8) is 0 Å². The third-order valence-electron chi connectivity index (χ3n) is 2.42. The number of rotatable bonds is 3. The molecule has 0 unspecified atom stereocenters. The number of sulfonamides is 1. The van der Waals surface area contributed by atoms with E-state index < -0.39 is 10.0 Å². The van der Waals surface area contributed by atoms with Crippen molar-refractivity contribution in [1.82, 2.24) is 0 Å². The van der Waals surface area contributed by atoms with Crippen LogP contribution in [0.3, 0.4) is 0 Å².